The molecule has 1 N–H and O–H groups in total. The Hall–Kier alpha value is -0.860. The summed E-state index contributed by atoms with van der Waals surface area (Å²) in [5, 5.41) is 10.2. The van der Waals surface area contributed by atoms with E-state index < -0.39 is 6.10 Å². The van der Waals surface area contributed by atoms with Crippen LogP contribution in [0.15, 0.2) is 18.2 Å². The molecule has 0 saturated heterocycles. The molecular formula is C15H25NO. The third-order valence-corrected chi connectivity index (χ3v) is 3.08. The number of hydrogen-bond donors (Lipinski definition) is 1. The van der Waals surface area contributed by atoms with Crippen molar-refractivity contribution in [3.05, 3.63) is 34.9 Å². The van der Waals surface area contributed by atoms with Gasteiger partial charge in [-0.05, 0) is 43.5 Å². The van der Waals surface area contributed by atoms with Crippen LogP contribution in [-0.2, 0) is 0 Å². The molecular weight excluding hydrogens is 210 g/mol. The van der Waals surface area contributed by atoms with Gasteiger partial charge in [-0.1, -0.05) is 32.0 Å². The lowest BCUT2D eigenvalue weighted by Gasteiger charge is -2.22. The van der Waals surface area contributed by atoms with E-state index in [-0.39, 0.29) is 0 Å². The minimum Gasteiger partial charge on any atom is -0.387 e. The zero-order valence-electron chi connectivity index (χ0n) is 11.7. The van der Waals surface area contributed by atoms with Crippen LogP contribution >= 0.6 is 0 Å². The zero-order valence-corrected chi connectivity index (χ0v) is 11.7. The molecule has 0 fully saturated rings. The van der Waals surface area contributed by atoms with Gasteiger partial charge < -0.3 is 10.0 Å². The van der Waals surface area contributed by atoms with Gasteiger partial charge in [-0.2, -0.15) is 0 Å². The summed E-state index contributed by atoms with van der Waals surface area (Å²) in [6, 6.07) is 6.19. The molecule has 17 heavy (non-hydrogen) atoms. The van der Waals surface area contributed by atoms with Crippen LogP contribution in [0.2, 0.25) is 0 Å². The smallest absolute Gasteiger partial charge is 0.0916 e. The van der Waals surface area contributed by atoms with Crippen LogP contribution in [0, 0.1) is 19.8 Å². The molecule has 1 aromatic carbocycles. The molecule has 96 valence electrons. The van der Waals surface area contributed by atoms with Crippen molar-refractivity contribution in [3.63, 3.8) is 0 Å². The van der Waals surface area contributed by atoms with Crippen LogP contribution in [0.4, 0.5) is 0 Å². The average molecular weight is 235 g/mol. The molecule has 0 radical (unpaired) electrons. The summed E-state index contributed by atoms with van der Waals surface area (Å²) in [6.45, 7) is 10.3. The molecule has 2 heteroatoms. The lowest BCUT2D eigenvalue weighted by atomic mass is 10.0. The SMILES string of the molecule is Cc1ccc(C(O)CN(C)CC(C)C)cc1C. The van der Waals surface area contributed by atoms with Crippen molar-refractivity contribution in [2.75, 3.05) is 20.1 Å². The lowest BCUT2D eigenvalue weighted by molar-refractivity contribution is 0.121. The summed E-state index contributed by atoms with van der Waals surface area (Å²) in [5.74, 6) is 0.631. The highest BCUT2D eigenvalue weighted by atomic mass is 16.3. The Bertz CT molecular complexity index is 360. The van der Waals surface area contributed by atoms with Crippen LogP contribution in [0.3, 0.4) is 0 Å². The largest absolute Gasteiger partial charge is 0.387 e. The molecule has 1 rings (SSSR count). The number of aliphatic hydroxyl groups is 1. The Balaban J connectivity index is 2.63. The van der Waals surface area contributed by atoms with Crippen LogP contribution in [0.1, 0.15) is 36.6 Å². The van der Waals surface area contributed by atoms with E-state index in [2.05, 4.69) is 51.8 Å². The topological polar surface area (TPSA) is 23.5 Å². The van der Waals surface area contributed by atoms with Crippen molar-refractivity contribution in [3.8, 4) is 0 Å². The number of hydrogen-bond acceptors (Lipinski definition) is 2. The van der Waals surface area contributed by atoms with Crippen molar-refractivity contribution >= 4 is 0 Å². The molecule has 1 aromatic rings. The van der Waals surface area contributed by atoms with Gasteiger partial charge in [0, 0.05) is 13.1 Å². The fraction of sp³-hybridized carbons (Fsp3) is 0.600. The second-order valence-corrected chi connectivity index (χ2v) is 5.47. The van der Waals surface area contributed by atoms with Crippen molar-refractivity contribution < 1.29 is 5.11 Å². The van der Waals surface area contributed by atoms with Crippen LogP contribution in [0.25, 0.3) is 0 Å². The lowest BCUT2D eigenvalue weighted by Crippen LogP contribution is -2.28. The fourth-order valence-electron chi connectivity index (χ4n) is 2.07. The maximum atomic E-state index is 10.2. The molecule has 0 bridgehead atoms. The predicted molar refractivity (Wildman–Crippen MR) is 73.2 cm³/mol. The molecule has 1 unspecified atom stereocenters. The Morgan fingerprint density at radius 1 is 1.12 bits per heavy atom. The molecule has 0 aliphatic carbocycles. The fourth-order valence-corrected chi connectivity index (χ4v) is 2.07. The molecule has 0 aliphatic rings. The third-order valence-electron chi connectivity index (χ3n) is 3.08. The van der Waals surface area contributed by atoms with E-state index in [4.69, 9.17) is 0 Å². The van der Waals surface area contributed by atoms with Gasteiger partial charge in [0.15, 0.2) is 0 Å². The molecule has 0 saturated carbocycles. The average Bonchev–Trinajstić information content (AvgIpc) is 2.20. The van der Waals surface area contributed by atoms with Gasteiger partial charge in [0.25, 0.3) is 0 Å². The van der Waals surface area contributed by atoms with Gasteiger partial charge in [0.2, 0.25) is 0 Å². The Morgan fingerprint density at radius 2 is 1.76 bits per heavy atom. The van der Waals surface area contributed by atoms with E-state index in [0.717, 1.165) is 12.1 Å². The summed E-state index contributed by atoms with van der Waals surface area (Å²) >= 11 is 0. The number of aryl methyl sites for hydroxylation is 2. The standard InChI is InChI=1S/C15H25NO/c1-11(2)9-16(5)10-15(17)14-7-6-12(3)13(4)8-14/h6-8,11,15,17H,9-10H2,1-5H3. The summed E-state index contributed by atoms with van der Waals surface area (Å²) < 4.78 is 0. The summed E-state index contributed by atoms with van der Waals surface area (Å²) in [5.41, 5.74) is 3.54. The monoisotopic (exact) mass is 235 g/mol. The van der Waals surface area contributed by atoms with E-state index in [1.807, 2.05) is 6.07 Å². The van der Waals surface area contributed by atoms with Gasteiger partial charge in [-0.25, -0.2) is 0 Å². The Labute approximate surface area is 105 Å². The van der Waals surface area contributed by atoms with Gasteiger partial charge in [-0.15, -0.1) is 0 Å². The first kappa shape index (κ1) is 14.2. The van der Waals surface area contributed by atoms with Crippen molar-refractivity contribution in [1.82, 2.24) is 4.90 Å². The normalized spacial score (nSPS) is 13.4. The van der Waals surface area contributed by atoms with E-state index in [0.29, 0.717) is 12.5 Å². The maximum Gasteiger partial charge on any atom is 0.0916 e. The minimum atomic E-state index is -0.391. The molecule has 1 atom stereocenters. The summed E-state index contributed by atoms with van der Waals surface area (Å²) in [6.07, 6.45) is -0.391. The highest BCUT2D eigenvalue weighted by Crippen LogP contribution is 2.18. The Kier molecular flexibility index (Phi) is 5.16. The minimum absolute atomic E-state index is 0.391. The molecule has 2 nitrogen and oxygen atoms in total. The second kappa shape index (κ2) is 6.18. The maximum absolute atomic E-state index is 10.2. The number of likely N-dealkylation sites (N-methyl/N-ethyl adjacent to an activating group) is 1. The highest BCUT2D eigenvalue weighted by Gasteiger charge is 2.12. The number of benzene rings is 1. The van der Waals surface area contributed by atoms with Gasteiger partial charge in [0.05, 0.1) is 6.10 Å². The van der Waals surface area contributed by atoms with Crippen LogP contribution < -0.4 is 0 Å². The molecule has 0 aromatic heterocycles. The molecule has 0 heterocycles. The summed E-state index contributed by atoms with van der Waals surface area (Å²) in [7, 11) is 2.06. The van der Waals surface area contributed by atoms with E-state index in [1.165, 1.54) is 11.1 Å². The predicted octanol–water partition coefficient (Wildman–Crippen LogP) is 2.92. The third kappa shape index (κ3) is 4.49. The quantitative estimate of drug-likeness (QED) is 0.848. The van der Waals surface area contributed by atoms with Gasteiger partial charge >= 0.3 is 0 Å². The second-order valence-electron chi connectivity index (χ2n) is 5.47. The van der Waals surface area contributed by atoms with Crippen molar-refractivity contribution in [2.24, 2.45) is 5.92 Å². The van der Waals surface area contributed by atoms with Crippen LogP contribution in [0.5, 0.6) is 0 Å². The zero-order chi connectivity index (χ0) is 13.0. The van der Waals surface area contributed by atoms with Crippen molar-refractivity contribution in [1.29, 1.82) is 0 Å². The van der Waals surface area contributed by atoms with Crippen molar-refractivity contribution in [2.45, 2.75) is 33.8 Å². The first-order chi connectivity index (χ1) is 7.90. The molecule has 0 amide bonds. The van der Waals surface area contributed by atoms with E-state index >= 15 is 0 Å². The van der Waals surface area contributed by atoms with Gasteiger partial charge in [0.1, 0.15) is 0 Å². The Morgan fingerprint density at radius 3 is 2.29 bits per heavy atom. The molecule has 0 aliphatic heterocycles. The number of aliphatic hydroxyl groups excluding tert-OH is 1. The summed E-state index contributed by atoms with van der Waals surface area (Å²) in [4.78, 5) is 2.19. The first-order valence-corrected chi connectivity index (χ1v) is 6.34. The number of rotatable bonds is 5. The van der Waals surface area contributed by atoms with E-state index in [1.54, 1.807) is 0 Å². The molecule has 0 spiro atoms. The van der Waals surface area contributed by atoms with E-state index in [9.17, 15) is 5.11 Å². The van der Waals surface area contributed by atoms with Crippen LogP contribution in [-0.4, -0.2) is 30.1 Å². The van der Waals surface area contributed by atoms with Gasteiger partial charge in [-0.3, -0.25) is 0 Å². The highest BCUT2D eigenvalue weighted by molar-refractivity contribution is 5.31. The first-order valence-electron chi connectivity index (χ1n) is 6.34. The number of nitrogens with zero attached hydrogens (tertiary/aromatic N) is 1.